The van der Waals surface area contributed by atoms with Crippen LogP contribution in [-0.2, 0) is 22.1 Å². The molecule has 144 valence electrons. The largest absolute Gasteiger partial charge is 0.481 e. The minimum Gasteiger partial charge on any atom is -0.481 e. The third-order valence-electron chi connectivity index (χ3n) is 4.16. The van der Waals surface area contributed by atoms with Gasteiger partial charge in [0.1, 0.15) is 0 Å². The molecule has 6 nitrogen and oxygen atoms in total. The fourth-order valence-electron chi connectivity index (χ4n) is 2.82. The number of hydrogen-bond acceptors (Lipinski definition) is 3. The first-order valence-electron chi connectivity index (χ1n) is 8.22. The molecule has 1 aromatic carbocycles. The molecule has 0 saturated carbocycles. The summed E-state index contributed by atoms with van der Waals surface area (Å²) in [5.74, 6) is -0.935. The molecule has 2 amide bonds. The maximum Gasteiger partial charge on any atom is 0.416 e. The van der Waals surface area contributed by atoms with Gasteiger partial charge in [-0.25, -0.2) is 4.79 Å². The van der Waals surface area contributed by atoms with Gasteiger partial charge in [-0.3, -0.25) is 4.79 Å². The maximum absolute atomic E-state index is 12.6. The molecular weight excluding hydrogens is 353 g/mol. The number of carbonyl (C=O) groups excluding carboxylic acids is 1. The van der Waals surface area contributed by atoms with Gasteiger partial charge in [0.2, 0.25) is 0 Å². The Morgan fingerprint density at radius 2 is 1.92 bits per heavy atom. The van der Waals surface area contributed by atoms with Crippen LogP contribution in [0.3, 0.4) is 0 Å². The van der Waals surface area contributed by atoms with E-state index >= 15 is 0 Å². The molecule has 2 rings (SSSR count). The summed E-state index contributed by atoms with van der Waals surface area (Å²) < 4.78 is 43.3. The highest BCUT2D eigenvalue weighted by Crippen LogP contribution is 2.30. The number of carbonyl (C=O) groups is 2. The van der Waals surface area contributed by atoms with E-state index in [0.717, 1.165) is 12.1 Å². The number of carboxylic acids is 1. The number of hydrogen-bond donors (Lipinski definition) is 3. The van der Waals surface area contributed by atoms with Crippen molar-refractivity contribution in [1.82, 2.24) is 10.6 Å². The summed E-state index contributed by atoms with van der Waals surface area (Å²) in [6, 6.07) is 4.38. The molecular formula is C17H21F3N2O4. The Bertz CT molecular complexity index is 626. The molecule has 26 heavy (non-hydrogen) atoms. The van der Waals surface area contributed by atoms with Gasteiger partial charge in [-0.05, 0) is 37.0 Å². The van der Waals surface area contributed by atoms with Crippen LogP contribution in [0, 0.1) is 0 Å². The Morgan fingerprint density at radius 3 is 2.46 bits per heavy atom. The second-order valence-electron chi connectivity index (χ2n) is 6.33. The minimum absolute atomic E-state index is 0.0416. The molecule has 1 heterocycles. The lowest BCUT2D eigenvalue weighted by atomic mass is 9.89. The number of nitrogens with one attached hydrogen (secondary N) is 2. The predicted molar refractivity (Wildman–Crippen MR) is 86.7 cm³/mol. The standard InChI is InChI=1S/C17H21F3N2O4/c18-17(19,20)13-5-3-12(4-6-13)10-16(7-9-26-11-16)22-15(25)21-8-1-2-14(23)24/h3-6H,1-2,7-11H2,(H,23,24)(H2,21,22,25). The fraction of sp³-hybridized carbons (Fsp3) is 0.529. The first kappa shape index (κ1) is 20.0. The molecule has 1 unspecified atom stereocenters. The highest BCUT2D eigenvalue weighted by molar-refractivity contribution is 5.75. The Hall–Kier alpha value is -2.29. The number of carboxylic acid groups (broad SMARTS) is 1. The van der Waals surface area contributed by atoms with Gasteiger partial charge in [-0.1, -0.05) is 12.1 Å². The molecule has 1 fully saturated rings. The smallest absolute Gasteiger partial charge is 0.416 e. The molecule has 0 radical (unpaired) electrons. The van der Waals surface area contributed by atoms with Crippen molar-refractivity contribution >= 4 is 12.0 Å². The van der Waals surface area contributed by atoms with Crippen molar-refractivity contribution in [3.8, 4) is 0 Å². The van der Waals surface area contributed by atoms with Crippen molar-refractivity contribution in [3.05, 3.63) is 35.4 Å². The highest BCUT2D eigenvalue weighted by atomic mass is 19.4. The molecule has 1 aliphatic heterocycles. The van der Waals surface area contributed by atoms with Crippen molar-refractivity contribution in [2.24, 2.45) is 0 Å². The Kier molecular flexibility index (Phi) is 6.47. The molecule has 1 saturated heterocycles. The number of urea groups is 1. The fourth-order valence-corrected chi connectivity index (χ4v) is 2.82. The number of alkyl halides is 3. The molecule has 0 aromatic heterocycles. The SMILES string of the molecule is O=C(O)CCCNC(=O)NC1(Cc2ccc(C(F)(F)F)cc2)CCOC1. The lowest BCUT2D eigenvalue weighted by molar-refractivity contribution is -0.138. The van der Waals surface area contributed by atoms with E-state index < -0.39 is 29.3 Å². The Morgan fingerprint density at radius 1 is 1.23 bits per heavy atom. The normalized spacial score (nSPS) is 20.0. The van der Waals surface area contributed by atoms with Crippen molar-refractivity contribution in [1.29, 1.82) is 0 Å². The highest BCUT2D eigenvalue weighted by Gasteiger charge is 2.37. The van der Waals surface area contributed by atoms with Gasteiger partial charge in [0, 0.05) is 19.6 Å². The van der Waals surface area contributed by atoms with Crippen LogP contribution in [0.25, 0.3) is 0 Å². The van der Waals surface area contributed by atoms with Crippen molar-refractivity contribution in [3.63, 3.8) is 0 Å². The zero-order chi connectivity index (χ0) is 19.2. The molecule has 0 bridgehead atoms. The van der Waals surface area contributed by atoms with Gasteiger partial charge in [0.05, 0.1) is 17.7 Å². The van der Waals surface area contributed by atoms with Crippen LogP contribution < -0.4 is 10.6 Å². The Balaban J connectivity index is 1.94. The number of amides is 2. The van der Waals surface area contributed by atoms with Crippen LogP contribution >= 0.6 is 0 Å². The third kappa shape index (κ3) is 5.91. The van der Waals surface area contributed by atoms with Crippen molar-refractivity contribution < 1.29 is 32.6 Å². The van der Waals surface area contributed by atoms with E-state index in [4.69, 9.17) is 9.84 Å². The average Bonchev–Trinajstić information content (AvgIpc) is 2.99. The van der Waals surface area contributed by atoms with Crippen molar-refractivity contribution in [2.45, 2.75) is 37.4 Å². The summed E-state index contributed by atoms with van der Waals surface area (Å²) >= 11 is 0. The third-order valence-corrected chi connectivity index (χ3v) is 4.16. The molecule has 0 aliphatic carbocycles. The van der Waals surface area contributed by atoms with Gasteiger partial charge in [0.25, 0.3) is 0 Å². The maximum atomic E-state index is 12.6. The number of aliphatic carboxylic acids is 1. The first-order valence-corrected chi connectivity index (χ1v) is 8.22. The molecule has 1 aromatic rings. The topological polar surface area (TPSA) is 87.7 Å². The van der Waals surface area contributed by atoms with Crippen LogP contribution in [-0.4, -0.2) is 42.4 Å². The van der Waals surface area contributed by atoms with E-state index in [1.807, 2.05) is 0 Å². The van der Waals surface area contributed by atoms with E-state index in [1.54, 1.807) is 0 Å². The van der Waals surface area contributed by atoms with Gasteiger partial charge < -0.3 is 20.5 Å². The second-order valence-corrected chi connectivity index (χ2v) is 6.33. The predicted octanol–water partition coefficient (Wildman–Crippen LogP) is 2.57. The van der Waals surface area contributed by atoms with E-state index in [-0.39, 0.29) is 19.6 Å². The zero-order valence-corrected chi connectivity index (χ0v) is 14.1. The van der Waals surface area contributed by atoms with Gasteiger partial charge in [0.15, 0.2) is 0 Å². The average molecular weight is 374 g/mol. The number of benzene rings is 1. The first-order chi connectivity index (χ1) is 12.2. The number of rotatable bonds is 7. The van der Waals surface area contributed by atoms with Gasteiger partial charge in [-0.15, -0.1) is 0 Å². The quantitative estimate of drug-likeness (QED) is 0.640. The van der Waals surface area contributed by atoms with Crippen molar-refractivity contribution in [2.75, 3.05) is 19.8 Å². The Labute approximate surface area is 148 Å². The van der Waals surface area contributed by atoms with Crippen LogP contribution in [0.2, 0.25) is 0 Å². The van der Waals surface area contributed by atoms with Crippen LogP contribution in [0.15, 0.2) is 24.3 Å². The lowest BCUT2D eigenvalue weighted by Gasteiger charge is -2.29. The lowest BCUT2D eigenvalue weighted by Crippen LogP contribution is -2.54. The zero-order valence-electron chi connectivity index (χ0n) is 14.1. The summed E-state index contributed by atoms with van der Waals surface area (Å²) in [5.41, 5.74) is -0.756. The summed E-state index contributed by atoms with van der Waals surface area (Å²) in [4.78, 5) is 22.5. The summed E-state index contributed by atoms with van der Waals surface area (Å²) in [5, 5.41) is 14.0. The molecule has 3 N–H and O–H groups in total. The minimum atomic E-state index is -4.39. The summed E-state index contributed by atoms with van der Waals surface area (Å²) in [6.07, 6.45) is -3.24. The molecule has 0 spiro atoms. The summed E-state index contributed by atoms with van der Waals surface area (Å²) in [7, 11) is 0. The van der Waals surface area contributed by atoms with Crippen LogP contribution in [0.1, 0.15) is 30.4 Å². The van der Waals surface area contributed by atoms with E-state index in [9.17, 15) is 22.8 Å². The molecule has 1 atom stereocenters. The molecule has 9 heteroatoms. The summed E-state index contributed by atoms with van der Waals surface area (Å²) in [6.45, 7) is 0.922. The number of halogens is 3. The van der Waals surface area contributed by atoms with Gasteiger partial charge >= 0.3 is 18.2 Å². The van der Waals surface area contributed by atoms with Gasteiger partial charge in [-0.2, -0.15) is 13.2 Å². The molecule has 1 aliphatic rings. The second kappa shape index (κ2) is 8.39. The van der Waals surface area contributed by atoms with E-state index in [1.165, 1.54) is 12.1 Å². The van der Waals surface area contributed by atoms with E-state index in [0.29, 0.717) is 31.4 Å². The van der Waals surface area contributed by atoms with E-state index in [2.05, 4.69) is 10.6 Å². The monoisotopic (exact) mass is 374 g/mol. The number of ether oxygens (including phenoxy) is 1. The van der Waals surface area contributed by atoms with Crippen LogP contribution in [0.5, 0.6) is 0 Å². The van der Waals surface area contributed by atoms with Crippen LogP contribution in [0.4, 0.5) is 18.0 Å².